The molecular weight excluding hydrogens is 330 g/mol. The minimum Gasteiger partial charge on any atom is -0.375 e. The summed E-state index contributed by atoms with van der Waals surface area (Å²) in [5.74, 6) is 1.26. The normalized spacial score (nSPS) is 27.0. The Hall–Kier alpha value is -1.89. The van der Waals surface area contributed by atoms with Crippen LogP contribution in [0, 0.1) is 5.92 Å². The molecule has 3 aliphatic carbocycles. The number of nitrogens with two attached hydrogens (primary N) is 1. The summed E-state index contributed by atoms with van der Waals surface area (Å²) in [6, 6.07) is 0.632. The fraction of sp³-hybridized carbons (Fsp3) is 0.737. The van der Waals surface area contributed by atoms with Crippen molar-refractivity contribution in [3.05, 3.63) is 11.8 Å². The number of hydrogen-bond donors (Lipinski definition) is 3. The van der Waals surface area contributed by atoms with Crippen LogP contribution >= 0.6 is 0 Å². The molecule has 1 aromatic rings. The monoisotopic (exact) mass is 359 g/mol. The number of ether oxygens (including phenoxy) is 1. The number of hydrogen-bond acceptors (Lipinski definition) is 6. The topological polar surface area (TPSA) is 102 Å². The van der Waals surface area contributed by atoms with Crippen LogP contribution in [0.3, 0.4) is 0 Å². The summed E-state index contributed by atoms with van der Waals surface area (Å²) in [6.07, 6.45) is 11.6. The van der Waals surface area contributed by atoms with Crippen LogP contribution in [0.4, 0.5) is 11.8 Å². The molecule has 3 fully saturated rings. The van der Waals surface area contributed by atoms with Crippen LogP contribution in [0.15, 0.2) is 6.20 Å². The fourth-order valence-electron chi connectivity index (χ4n) is 3.67. The van der Waals surface area contributed by atoms with Crippen molar-refractivity contribution in [3.63, 3.8) is 0 Å². The van der Waals surface area contributed by atoms with E-state index in [0.717, 1.165) is 25.7 Å². The summed E-state index contributed by atoms with van der Waals surface area (Å²) in [4.78, 5) is 20.5. The molecule has 4 N–H and O–H groups in total. The minimum atomic E-state index is -0.500. The zero-order valence-corrected chi connectivity index (χ0v) is 15.4. The van der Waals surface area contributed by atoms with Gasteiger partial charge < -0.3 is 21.1 Å². The molecule has 0 aliphatic heterocycles. The molecule has 3 aliphatic rings. The number of aromatic nitrogens is 2. The Balaban J connectivity index is 1.37. The van der Waals surface area contributed by atoms with Crippen molar-refractivity contribution < 1.29 is 9.53 Å². The SMILES string of the molecule is CC(Nc1nc(NC2CCC(OC3CC3)CC2)ncc1C(N)=O)C1CC1. The van der Waals surface area contributed by atoms with Crippen molar-refractivity contribution in [1.29, 1.82) is 0 Å². The molecule has 0 aromatic carbocycles. The lowest BCUT2D eigenvalue weighted by atomic mass is 9.93. The summed E-state index contributed by atoms with van der Waals surface area (Å²) in [7, 11) is 0. The second kappa shape index (κ2) is 7.39. The summed E-state index contributed by atoms with van der Waals surface area (Å²) in [6.45, 7) is 2.12. The molecule has 0 bridgehead atoms. The van der Waals surface area contributed by atoms with Crippen molar-refractivity contribution in [1.82, 2.24) is 9.97 Å². The van der Waals surface area contributed by atoms with Gasteiger partial charge in [0.2, 0.25) is 5.95 Å². The average Bonchev–Trinajstić information content (AvgIpc) is 3.51. The third-order valence-electron chi connectivity index (χ3n) is 5.66. The maximum Gasteiger partial charge on any atom is 0.254 e. The summed E-state index contributed by atoms with van der Waals surface area (Å²) in [5.41, 5.74) is 5.83. The van der Waals surface area contributed by atoms with Gasteiger partial charge in [-0.3, -0.25) is 4.79 Å². The highest BCUT2D eigenvalue weighted by atomic mass is 16.5. The van der Waals surface area contributed by atoms with Crippen molar-refractivity contribution >= 4 is 17.7 Å². The lowest BCUT2D eigenvalue weighted by Gasteiger charge is -2.29. The van der Waals surface area contributed by atoms with Crippen LogP contribution in [0.25, 0.3) is 0 Å². The molecule has 1 atom stereocenters. The van der Waals surface area contributed by atoms with Gasteiger partial charge in [-0.25, -0.2) is 4.98 Å². The van der Waals surface area contributed by atoms with E-state index in [9.17, 15) is 4.79 Å². The Kier molecular flexibility index (Phi) is 4.98. The molecule has 1 aromatic heterocycles. The van der Waals surface area contributed by atoms with Crippen LogP contribution in [0.1, 0.15) is 68.6 Å². The van der Waals surface area contributed by atoms with E-state index in [2.05, 4.69) is 27.5 Å². The fourth-order valence-corrected chi connectivity index (χ4v) is 3.67. The second-order valence-corrected chi connectivity index (χ2v) is 8.04. The van der Waals surface area contributed by atoms with Crippen LogP contribution < -0.4 is 16.4 Å². The van der Waals surface area contributed by atoms with Crippen molar-refractivity contribution in [2.24, 2.45) is 11.7 Å². The number of carbonyl (C=O) groups excluding carboxylic acids is 1. The van der Waals surface area contributed by atoms with Gasteiger partial charge in [-0.2, -0.15) is 4.98 Å². The molecule has 1 amide bonds. The Morgan fingerprint density at radius 3 is 2.38 bits per heavy atom. The van der Waals surface area contributed by atoms with Gasteiger partial charge >= 0.3 is 0 Å². The number of carbonyl (C=O) groups is 1. The number of rotatable bonds is 8. The van der Waals surface area contributed by atoms with Gasteiger partial charge in [0.25, 0.3) is 5.91 Å². The quantitative estimate of drug-likeness (QED) is 0.659. The lowest BCUT2D eigenvalue weighted by molar-refractivity contribution is 0.0146. The predicted octanol–water partition coefficient (Wildman–Crippen LogP) is 2.69. The van der Waals surface area contributed by atoms with Gasteiger partial charge in [-0.05, 0) is 64.2 Å². The summed E-state index contributed by atoms with van der Waals surface area (Å²) in [5, 5.41) is 6.78. The van der Waals surface area contributed by atoms with Crippen molar-refractivity contribution in [2.75, 3.05) is 10.6 Å². The number of primary amides is 1. The largest absolute Gasteiger partial charge is 0.375 e. The number of anilines is 2. The van der Waals surface area contributed by atoms with Gasteiger partial charge in [-0.1, -0.05) is 0 Å². The third-order valence-corrected chi connectivity index (χ3v) is 5.66. The van der Waals surface area contributed by atoms with E-state index in [1.807, 2.05) is 0 Å². The van der Waals surface area contributed by atoms with Gasteiger partial charge in [0, 0.05) is 18.3 Å². The van der Waals surface area contributed by atoms with Gasteiger partial charge in [-0.15, -0.1) is 0 Å². The predicted molar refractivity (Wildman–Crippen MR) is 100 cm³/mol. The first-order valence-corrected chi connectivity index (χ1v) is 9.94. The molecule has 0 saturated heterocycles. The molecule has 3 saturated carbocycles. The highest BCUT2D eigenvalue weighted by Gasteiger charge is 2.30. The molecule has 7 nitrogen and oxygen atoms in total. The molecule has 142 valence electrons. The van der Waals surface area contributed by atoms with Crippen molar-refractivity contribution in [3.8, 4) is 0 Å². The van der Waals surface area contributed by atoms with Crippen LogP contribution in [-0.2, 0) is 4.74 Å². The average molecular weight is 359 g/mol. The summed E-state index contributed by atoms with van der Waals surface area (Å²) >= 11 is 0. The smallest absolute Gasteiger partial charge is 0.254 e. The summed E-state index contributed by atoms with van der Waals surface area (Å²) < 4.78 is 6.01. The number of nitrogens with one attached hydrogen (secondary N) is 2. The Morgan fingerprint density at radius 2 is 1.81 bits per heavy atom. The van der Waals surface area contributed by atoms with Crippen molar-refractivity contribution in [2.45, 2.75) is 82.6 Å². The zero-order chi connectivity index (χ0) is 18.1. The maximum atomic E-state index is 11.7. The number of nitrogens with zero attached hydrogens (tertiary/aromatic N) is 2. The molecule has 4 rings (SSSR count). The van der Waals surface area contributed by atoms with Gasteiger partial charge in [0.05, 0.1) is 17.8 Å². The van der Waals surface area contributed by atoms with E-state index in [-0.39, 0.29) is 6.04 Å². The highest BCUT2D eigenvalue weighted by Crippen LogP contribution is 2.34. The van der Waals surface area contributed by atoms with Gasteiger partial charge in [0.15, 0.2) is 0 Å². The Bertz CT molecular complexity index is 651. The zero-order valence-electron chi connectivity index (χ0n) is 15.4. The van der Waals surface area contributed by atoms with E-state index < -0.39 is 5.91 Å². The van der Waals surface area contributed by atoms with E-state index in [4.69, 9.17) is 10.5 Å². The molecular formula is C19H29N5O2. The molecule has 26 heavy (non-hydrogen) atoms. The Morgan fingerprint density at radius 1 is 1.15 bits per heavy atom. The lowest BCUT2D eigenvalue weighted by Crippen LogP contribution is -2.31. The first kappa shape index (κ1) is 17.5. The van der Waals surface area contributed by atoms with Gasteiger partial charge in [0.1, 0.15) is 5.82 Å². The Labute approximate surface area is 154 Å². The molecule has 0 radical (unpaired) electrons. The van der Waals surface area contributed by atoms with E-state index in [1.54, 1.807) is 0 Å². The van der Waals surface area contributed by atoms with Crippen LogP contribution in [0.2, 0.25) is 0 Å². The van der Waals surface area contributed by atoms with Crippen LogP contribution in [-0.4, -0.2) is 40.2 Å². The highest BCUT2D eigenvalue weighted by molar-refractivity contribution is 5.97. The maximum absolute atomic E-state index is 11.7. The third kappa shape index (κ3) is 4.44. The van der Waals surface area contributed by atoms with E-state index in [1.165, 1.54) is 31.9 Å². The minimum absolute atomic E-state index is 0.283. The molecule has 7 heteroatoms. The standard InChI is InChI=1S/C19H29N5O2/c1-11(12-2-3-12)22-18-16(17(20)25)10-21-19(24-18)23-13-4-6-14(7-5-13)26-15-8-9-15/h10-15H,2-9H2,1H3,(H2,20,25)(H2,21,22,23,24). The molecule has 0 spiro atoms. The first-order chi connectivity index (χ1) is 12.6. The molecule has 1 unspecified atom stereocenters. The van der Waals surface area contributed by atoms with Crippen LogP contribution in [0.5, 0.6) is 0 Å². The van der Waals surface area contributed by atoms with E-state index >= 15 is 0 Å². The molecule has 1 heterocycles. The first-order valence-electron chi connectivity index (χ1n) is 9.94. The van der Waals surface area contributed by atoms with E-state index in [0.29, 0.717) is 41.5 Å². The number of amides is 1. The second-order valence-electron chi connectivity index (χ2n) is 8.04.